The van der Waals surface area contributed by atoms with Crippen LogP contribution in [0.3, 0.4) is 0 Å². The lowest BCUT2D eigenvalue weighted by Crippen LogP contribution is -2.26. The first kappa shape index (κ1) is 10.3. The summed E-state index contributed by atoms with van der Waals surface area (Å²) in [5.74, 6) is 1.59. The number of hydrogen-bond acceptors (Lipinski definition) is 1. The molecule has 1 aliphatic heterocycles. The molecule has 1 heterocycles. The fourth-order valence-electron chi connectivity index (χ4n) is 3.07. The van der Waals surface area contributed by atoms with E-state index in [9.17, 15) is 0 Å². The fourth-order valence-corrected chi connectivity index (χ4v) is 3.07. The summed E-state index contributed by atoms with van der Waals surface area (Å²) < 4.78 is 0. The van der Waals surface area contributed by atoms with Crippen LogP contribution in [0.25, 0.3) is 0 Å². The quantitative estimate of drug-likeness (QED) is 0.797. The molecule has 2 aliphatic rings. The minimum absolute atomic E-state index is 0.627. The number of hydrogen-bond donors (Lipinski definition) is 1. The van der Waals surface area contributed by atoms with Crippen molar-refractivity contribution in [3.05, 3.63) is 35.4 Å². The predicted octanol–water partition coefficient (Wildman–Crippen LogP) is 3.42. The number of benzene rings is 1. The first-order valence-corrected chi connectivity index (χ1v) is 6.60. The lowest BCUT2D eigenvalue weighted by Gasteiger charge is -2.15. The largest absolute Gasteiger partial charge is 0.311 e. The molecule has 3 rings (SSSR count). The van der Waals surface area contributed by atoms with Crippen molar-refractivity contribution < 1.29 is 0 Å². The smallest absolute Gasteiger partial charge is 0.0110 e. The molecule has 0 aromatic heterocycles. The van der Waals surface area contributed by atoms with Crippen LogP contribution in [0.2, 0.25) is 0 Å². The molecule has 1 heteroatoms. The molecular formula is C15H21N. The average molecular weight is 215 g/mol. The van der Waals surface area contributed by atoms with Crippen LogP contribution in [0, 0.1) is 0 Å². The van der Waals surface area contributed by atoms with Gasteiger partial charge in [0.15, 0.2) is 0 Å². The Morgan fingerprint density at radius 2 is 1.62 bits per heavy atom. The van der Waals surface area contributed by atoms with Gasteiger partial charge in [0.2, 0.25) is 0 Å². The maximum Gasteiger partial charge on any atom is 0.0110 e. The molecule has 0 spiro atoms. The van der Waals surface area contributed by atoms with Gasteiger partial charge in [-0.2, -0.15) is 0 Å². The lowest BCUT2D eigenvalue weighted by molar-refractivity contribution is 0.574. The summed E-state index contributed by atoms with van der Waals surface area (Å²) in [6, 6.07) is 10.7. The van der Waals surface area contributed by atoms with E-state index in [1.165, 1.54) is 24.8 Å². The van der Waals surface area contributed by atoms with Gasteiger partial charge in [-0.15, -0.1) is 0 Å². The van der Waals surface area contributed by atoms with Gasteiger partial charge in [0.05, 0.1) is 0 Å². The third kappa shape index (κ3) is 1.89. The van der Waals surface area contributed by atoms with Crippen molar-refractivity contribution in [1.29, 1.82) is 0 Å². The Hall–Kier alpha value is -0.820. The standard InChI is InChI=1S/C15H21N/c1-10-9-15(11(2)16-10)14-7-5-13(6-8-14)12-3-4-12/h5-8,10-12,15-16H,3-4,9H2,1-2H3. The maximum atomic E-state index is 3.61. The molecule has 1 aliphatic carbocycles. The summed E-state index contributed by atoms with van der Waals surface area (Å²) in [4.78, 5) is 0. The third-order valence-electron chi connectivity index (χ3n) is 4.17. The van der Waals surface area contributed by atoms with Crippen molar-refractivity contribution in [2.45, 2.75) is 57.0 Å². The number of rotatable bonds is 2. The zero-order valence-electron chi connectivity index (χ0n) is 10.2. The van der Waals surface area contributed by atoms with E-state index >= 15 is 0 Å². The summed E-state index contributed by atoms with van der Waals surface area (Å²) >= 11 is 0. The van der Waals surface area contributed by atoms with Crippen molar-refractivity contribution in [3.63, 3.8) is 0 Å². The van der Waals surface area contributed by atoms with Crippen LogP contribution < -0.4 is 5.32 Å². The molecule has 2 fully saturated rings. The van der Waals surface area contributed by atoms with Crippen LogP contribution in [-0.4, -0.2) is 12.1 Å². The second-order valence-corrected chi connectivity index (χ2v) is 5.64. The molecule has 0 bridgehead atoms. The number of nitrogens with one attached hydrogen (secondary N) is 1. The van der Waals surface area contributed by atoms with E-state index < -0.39 is 0 Å². The van der Waals surface area contributed by atoms with Crippen molar-refractivity contribution in [3.8, 4) is 0 Å². The van der Waals surface area contributed by atoms with E-state index in [2.05, 4.69) is 43.4 Å². The molecule has 1 aromatic rings. The second-order valence-electron chi connectivity index (χ2n) is 5.64. The first-order valence-electron chi connectivity index (χ1n) is 6.60. The van der Waals surface area contributed by atoms with E-state index in [0.29, 0.717) is 18.0 Å². The Labute approximate surface area is 98.3 Å². The van der Waals surface area contributed by atoms with E-state index in [0.717, 1.165) is 5.92 Å². The van der Waals surface area contributed by atoms with Crippen molar-refractivity contribution in [1.82, 2.24) is 5.32 Å². The van der Waals surface area contributed by atoms with Gasteiger partial charge >= 0.3 is 0 Å². The zero-order valence-corrected chi connectivity index (χ0v) is 10.2. The minimum Gasteiger partial charge on any atom is -0.311 e. The summed E-state index contributed by atoms with van der Waals surface area (Å²) in [5.41, 5.74) is 3.07. The molecule has 0 radical (unpaired) electrons. The van der Waals surface area contributed by atoms with Gasteiger partial charge in [-0.25, -0.2) is 0 Å². The highest BCUT2D eigenvalue weighted by molar-refractivity contribution is 5.31. The van der Waals surface area contributed by atoms with Crippen LogP contribution in [-0.2, 0) is 0 Å². The summed E-state index contributed by atoms with van der Waals surface area (Å²) in [6.07, 6.45) is 4.08. The van der Waals surface area contributed by atoms with Gasteiger partial charge in [-0.05, 0) is 50.2 Å². The Morgan fingerprint density at radius 3 is 2.12 bits per heavy atom. The molecule has 0 amide bonds. The van der Waals surface area contributed by atoms with E-state index in [1.807, 2.05) is 0 Å². The van der Waals surface area contributed by atoms with Crippen molar-refractivity contribution in [2.75, 3.05) is 0 Å². The van der Waals surface area contributed by atoms with Crippen LogP contribution in [0.1, 0.15) is 56.1 Å². The molecule has 1 aromatic carbocycles. The van der Waals surface area contributed by atoms with Gasteiger partial charge in [-0.3, -0.25) is 0 Å². The first-order chi connectivity index (χ1) is 7.74. The molecule has 3 atom stereocenters. The molecule has 1 nitrogen and oxygen atoms in total. The Morgan fingerprint density at radius 1 is 1.00 bits per heavy atom. The third-order valence-corrected chi connectivity index (χ3v) is 4.17. The molecule has 1 saturated heterocycles. The predicted molar refractivity (Wildman–Crippen MR) is 67.8 cm³/mol. The van der Waals surface area contributed by atoms with Crippen LogP contribution in [0.5, 0.6) is 0 Å². The highest BCUT2D eigenvalue weighted by Crippen LogP contribution is 2.40. The monoisotopic (exact) mass is 215 g/mol. The Balaban J connectivity index is 1.78. The highest BCUT2D eigenvalue weighted by atomic mass is 15.0. The SMILES string of the molecule is CC1CC(c2ccc(C3CC3)cc2)C(C)N1. The van der Waals surface area contributed by atoms with E-state index in [1.54, 1.807) is 5.56 Å². The second kappa shape index (κ2) is 3.89. The van der Waals surface area contributed by atoms with E-state index in [-0.39, 0.29) is 0 Å². The summed E-state index contributed by atoms with van der Waals surface area (Å²) in [7, 11) is 0. The van der Waals surface area contributed by atoms with E-state index in [4.69, 9.17) is 0 Å². The van der Waals surface area contributed by atoms with Crippen molar-refractivity contribution in [2.24, 2.45) is 0 Å². The lowest BCUT2D eigenvalue weighted by atomic mass is 9.91. The Kier molecular flexibility index (Phi) is 2.51. The highest BCUT2D eigenvalue weighted by Gasteiger charge is 2.29. The summed E-state index contributed by atoms with van der Waals surface area (Å²) in [5, 5.41) is 3.61. The van der Waals surface area contributed by atoms with Gasteiger partial charge < -0.3 is 5.32 Å². The molecule has 16 heavy (non-hydrogen) atoms. The van der Waals surface area contributed by atoms with Gasteiger partial charge in [0, 0.05) is 18.0 Å². The van der Waals surface area contributed by atoms with Crippen molar-refractivity contribution >= 4 is 0 Å². The average Bonchev–Trinajstić information content (AvgIpc) is 3.05. The molecule has 3 unspecified atom stereocenters. The molecule has 1 N–H and O–H groups in total. The topological polar surface area (TPSA) is 12.0 Å². The molecule has 1 saturated carbocycles. The van der Waals surface area contributed by atoms with Gasteiger partial charge in [0.25, 0.3) is 0 Å². The van der Waals surface area contributed by atoms with Crippen LogP contribution >= 0.6 is 0 Å². The Bertz CT molecular complexity index is 364. The normalized spacial score (nSPS) is 34.2. The molecular weight excluding hydrogens is 194 g/mol. The molecule has 86 valence electrons. The fraction of sp³-hybridized carbons (Fsp3) is 0.600. The maximum absolute atomic E-state index is 3.61. The van der Waals surface area contributed by atoms with Crippen LogP contribution in [0.4, 0.5) is 0 Å². The summed E-state index contributed by atoms with van der Waals surface area (Å²) in [6.45, 7) is 4.60. The zero-order chi connectivity index (χ0) is 11.1. The van der Waals surface area contributed by atoms with Crippen LogP contribution in [0.15, 0.2) is 24.3 Å². The minimum atomic E-state index is 0.627. The van der Waals surface area contributed by atoms with Gasteiger partial charge in [0.1, 0.15) is 0 Å². The van der Waals surface area contributed by atoms with Gasteiger partial charge in [-0.1, -0.05) is 24.3 Å².